The number of nitrogens with zero attached hydrogens (tertiary/aromatic N) is 3. The van der Waals surface area contributed by atoms with Crippen LogP contribution in [0.15, 0.2) is 24.3 Å². The van der Waals surface area contributed by atoms with Crippen molar-refractivity contribution in [1.29, 1.82) is 5.26 Å². The van der Waals surface area contributed by atoms with Crippen molar-refractivity contribution in [2.75, 3.05) is 5.73 Å². The summed E-state index contributed by atoms with van der Waals surface area (Å²) >= 11 is 0. The Hall–Kier alpha value is -3.93. The van der Waals surface area contributed by atoms with Crippen LogP contribution in [0.1, 0.15) is 58.6 Å². The smallest absolute Gasteiger partial charge is 0.303 e. The summed E-state index contributed by atoms with van der Waals surface area (Å²) in [5.41, 5.74) is 15.0. The molecule has 5 N–H and O–H groups in total. The number of carboxylic acids is 1. The van der Waals surface area contributed by atoms with Crippen LogP contribution in [-0.2, 0) is 16.1 Å². The maximum absolute atomic E-state index is 12.8. The predicted octanol–water partition coefficient (Wildman–Crippen LogP) is 1.75. The normalized spacial score (nSPS) is 16.0. The molecule has 0 saturated heterocycles. The molecule has 2 aliphatic rings. The molecule has 1 aliphatic heterocycles. The summed E-state index contributed by atoms with van der Waals surface area (Å²) < 4.78 is 0. The third-order valence-electron chi connectivity index (χ3n) is 5.77. The summed E-state index contributed by atoms with van der Waals surface area (Å²) in [5.74, 6) is -1.44. The maximum Gasteiger partial charge on any atom is 0.303 e. The Kier molecular flexibility index (Phi) is 5.07. The minimum atomic E-state index is -1.07. The van der Waals surface area contributed by atoms with Gasteiger partial charge in [0.05, 0.1) is 11.3 Å². The Bertz CT molecular complexity index is 1150. The molecule has 31 heavy (non-hydrogen) atoms. The number of anilines is 1. The zero-order valence-corrected chi connectivity index (χ0v) is 16.7. The van der Waals surface area contributed by atoms with Crippen LogP contribution < -0.4 is 11.5 Å². The molecule has 1 aromatic carbocycles. The van der Waals surface area contributed by atoms with E-state index in [4.69, 9.17) is 16.6 Å². The number of rotatable bonds is 7. The second-order valence-corrected chi connectivity index (χ2v) is 7.90. The number of hydrogen-bond acceptors (Lipinski definition) is 6. The van der Waals surface area contributed by atoms with Gasteiger partial charge in [0, 0.05) is 24.1 Å². The molecule has 1 aromatic heterocycles. The van der Waals surface area contributed by atoms with Crippen LogP contribution in [0.25, 0.3) is 11.3 Å². The second kappa shape index (κ2) is 7.72. The van der Waals surface area contributed by atoms with Crippen molar-refractivity contribution >= 4 is 23.6 Å². The zero-order chi connectivity index (χ0) is 22.3. The van der Waals surface area contributed by atoms with Gasteiger partial charge in [0.15, 0.2) is 0 Å². The highest BCUT2D eigenvalue weighted by atomic mass is 16.4. The summed E-state index contributed by atoms with van der Waals surface area (Å²) in [7, 11) is 0. The van der Waals surface area contributed by atoms with Crippen LogP contribution in [0, 0.1) is 11.3 Å². The van der Waals surface area contributed by atoms with E-state index in [1.54, 1.807) is 24.3 Å². The number of aliphatic carboxylic acids is 1. The van der Waals surface area contributed by atoms with Crippen LogP contribution in [0.3, 0.4) is 0 Å². The van der Waals surface area contributed by atoms with Gasteiger partial charge in [-0.2, -0.15) is 5.26 Å². The summed E-state index contributed by atoms with van der Waals surface area (Å²) in [5, 5.41) is 18.5. The van der Waals surface area contributed by atoms with E-state index in [2.05, 4.69) is 11.1 Å². The Morgan fingerprint density at radius 2 is 2.06 bits per heavy atom. The quantitative estimate of drug-likeness (QED) is 0.615. The number of carbonyl (C=O) groups excluding carboxylic acids is 2. The van der Waals surface area contributed by atoms with E-state index < -0.39 is 17.9 Å². The van der Waals surface area contributed by atoms with Crippen LogP contribution >= 0.6 is 0 Å². The van der Waals surface area contributed by atoms with Crippen molar-refractivity contribution in [1.82, 2.24) is 9.88 Å². The first-order valence-corrected chi connectivity index (χ1v) is 9.96. The van der Waals surface area contributed by atoms with E-state index in [9.17, 15) is 19.6 Å². The van der Waals surface area contributed by atoms with Crippen molar-refractivity contribution in [2.24, 2.45) is 5.73 Å². The number of benzene rings is 1. The van der Waals surface area contributed by atoms with Crippen LogP contribution in [-0.4, -0.2) is 38.8 Å². The summed E-state index contributed by atoms with van der Waals surface area (Å²) in [6, 6.07) is 8.02. The first kappa shape index (κ1) is 20.3. The molecule has 0 unspecified atom stereocenters. The lowest BCUT2D eigenvalue weighted by atomic mass is 9.99. The van der Waals surface area contributed by atoms with Gasteiger partial charge in [0.25, 0.3) is 5.91 Å². The lowest BCUT2D eigenvalue weighted by molar-refractivity contribution is -0.137. The van der Waals surface area contributed by atoms with Crippen LogP contribution in [0.5, 0.6) is 0 Å². The SMILES string of the molecule is N#Cc1cc(C2CC2)c(N)nc1-c1ccc2c(c1)CN([C@@H](CCC(=O)O)C(N)=O)C2=O. The largest absolute Gasteiger partial charge is 0.481 e. The number of carbonyl (C=O) groups is 3. The van der Waals surface area contributed by atoms with E-state index in [1.807, 2.05) is 0 Å². The lowest BCUT2D eigenvalue weighted by Gasteiger charge is -2.24. The average molecular weight is 419 g/mol. The molecule has 9 nitrogen and oxygen atoms in total. The van der Waals surface area contributed by atoms with Gasteiger partial charge in [-0.05, 0) is 54.5 Å². The highest BCUT2D eigenvalue weighted by molar-refractivity contribution is 6.01. The van der Waals surface area contributed by atoms with E-state index in [1.165, 1.54) is 4.90 Å². The molecule has 158 valence electrons. The fraction of sp³-hybridized carbons (Fsp3) is 0.318. The topological polar surface area (TPSA) is 163 Å². The van der Waals surface area contributed by atoms with Crippen molar-refractivity contribution in [3.05, 3.63) is 46.5 Å². The number of amides is 2. The van der Waals surface area contributed by atoms with E-state index in [0.29, 0.717) is 39.7 Å². The van der Waals surface area contributed by atoms with Crippen molar-refractivity contribution in [2.45, 2.75) is 44.2 Å². The van der Waals surface area contributed by atoms with E-state index in [0.717, 1.165) is 18.4 Å². The predicted molar refractivity (Wildman–Crippen MR) is 111 cm³/mol. The highest BCUT2D eigenvalue weighted by Gasteiger charge is 2.36. The van der Waals surface area contributed by atoms with E-state index in [-0.39, 0.29) is 25.3 Å². The third-order valence-corrected chi connectivity index (χ3v) is 5.77. The number of aromatic nitrogens is 1. The number of carboxylic acid groups (broad SMARTS) is 1. The standard InChI is InChI=1S/C22H21N5O4/c23-9-13-8-16(11-1-2-11)20(24)26-19(13)12-3-4-15-14(7-12)10-27(22(15)31)17(21(25)30)5-6-18(28)29/h3-4,7-8,11,17H,1-2,5-6,10H2,(H2,24,26)(H2,25,30)(H,28,29)/t17-/m0/s1. The summed E-state index contributed by atoms with van der Waals surface area (Å²) in [6.07, 6.45) is 1.74. The minimum Gasteiger partial charge on any atom is -0.481 e. The zero-order valence-electron chi connectivity index (χ0n) is 16.7. The van der Waals surface area contributed by atoms with Gasteiger partial charge in [-0.25, -0.2) is 4.98 Å². The van der Waals surface area contributed by atoms with E-state index >= 15 is 0 Å². The maximum atomic E-state index is 12.8. The summed E-state index contributed by atoms with van der Waals surface area (Å²) in [4.78, 5) is 41.4. The first-order chi connectivity index (χ1) is 14.8. The van der Waals surface area contributed by atoms with Crippen LogP contribution in [0.4, 0.5) is 5.82 Å². The first-order valence-electron chi connectivity index (χ1n) is 9.96. The molecule has 0 radical (unpaired) electrons. The number of nitrogens with two attached hydrogens (primary N) is 2. The monoisotopic (exact) mass is 419 g/mol. The number of nitrogen functional groups attached to an aromatic ring is 1. The van der Waals surface area contributed by atoms with Crippen LogP contribution in [0.2, 0.25) is 0 Å². The van der Waals surface area contributed by atoms with Gasteiger partial charge >= 0.3 is 5.97 Å². The van der Waals surface area contributed by atoms with Gasteiger partial charge in [0.1, 0.15) is 17.9 Å². The Labute approximate surface area is 178 Å². The second-order valence-electron chi connectivity index (χ2n) is 7.90. The Balaban J connectivity index is 1.66. The number of nitriles is 1. The molecule has 0 bridgehead atoms. The molecule has 1 aliphatic carbocycles. The average Bonchev–Trinajstić information content (AvgIpc) is 3.52. The Morgan fingerprint density at radius 1 is 1.32 bits per heavy atom. The fourth-order valence-corrected chi connectivity index (χ4v) is 4.02. The molecule has 2 amide bonds. The number of hydrogen-bond donors (Lipinski definition) is 3. The molecule has 2 aromatic rings. The van der Waals surface area contributed by atoms with Crippen molar-refractivity contribution in [3.8, 4) is 17.3 Å². The number of primary amides is 1. The molecular formula is C22H21N5O4. The molecule has 9 heteroatoms. The highest BCUT2D eigenvalue weighted by Crippen LogP contribution is 2.43. The molecule has 2 heterocycles. The minimum absolute atomic E-state index is 0.0590. The molecule has 1 saturated carbocycles. The molecule has 1 atom stereocenters. The molecule has 4 rings (SSSR count). The van der Waals surface area contributed by atoms with Gasteiger partial charge in [-0.3, -0.25) is 14.4 Å². The van der Waals surface area contributed by atoms with Gasteiger partial charge in [-0.15, -0.1) is 0 Å². The van der Waals surface area contributed by atoms with Gasteiger partial charge < -0.3 is 21.5 Å². The third kappa shape index (κ3) is 3.80. The molecular weight excluding hydrogens is 398 g/mol. The van der Waals surface area contributed by atoms with Crippen molar-refractivity contribution in [3.63, 3.8) is 0 Å². The van der Waals surface area contributed by atoms with Gasteiger partial charge in [-0.1, -0.05) is 6.07 Å². The lowest BCUT2D eigenvalue weighted by Crippen LogP contribution is -2.45. The van der Waals surface area contributed by atoms with Crippen molar-refractivity contribution < 1.29 is 19.5 Å². The number of pyridine rings is 1. The fourth-order valence-electron chi connectivity index (χ4n) is 4.02. The molecule has 0 spiro atoms. The Morgan fingerprint density at radius 3 is 2.68 bits per heavy atom. The molecule has 1 fully saturated rings. The number of fused-ring (bicyclic) bond motifs is 1. The van der Waals surface area contributed by atoms with Gasteiger partial charge in [0.2, 0.25) is 5.91 Å². The summed E-state index contributed by atoms with van der Waals surface area (Å²) in [6.45, 7) is 0.118.